The second kappa shape index (κ2) is 7.00. The van der Waals surface area contributed by atoms with E-state index in [2.05, 4.69) is 0 Å². The molecule has 0 bridgehead atoms. The highest BCUT2D eigenvalue weighted by Crippen LogP contribution is 2.23. The minimum Gasteiger partial charge on any atom is -0.497 e. The van der Waals surface area contributed by atoms with E-state index in [1.807, 2.05) is 19.9 Å². The molecule has 134 valence electrons. The van der Waals surface area contributed by atoms with Crippen molar-refractivity contribution in [2.24, 2.45) is 0 Å². The predicted molar refractivity (Wildman–Crippen MR) is 94.0 cm³/mol. The van der Waals surface area contributed by atoms with E-state index in [4.69, 9.17) is 13.9 Å². The summed E-state index contributed by atoms with van der Waals surface area (Å²) in [4.78, 5) is 23.9. The maximum atomic E-state index is 14.0. The molecule has 0 aliphatic heterocycles. The molecule has 3 rings (SSSR count). The Hall–Kier alpha value is -3.15. The highest BCUT2D eigenvalue weighted by molar-refractivity contribution is 5.90. The minimum absolute atomic E-state index is 0.172. The van der Waals surface area contributed by atoms with E-state index >= 15 is 0 Å². The fourth-order valence-corrected chi connectivity index (χ4v) is 2.61. The van der Waals surface area contributed by atoms with Crippen molar-refractivity contribution in [1.29, 1.82) is 0 Å². The molecule has 0 fully saturated rings. The molecule has 0 saturated heterocycles. The molecule has 0 aliphatic rings. The largest absolute Gasteiger partial charge is 0.497 e. The number of carbonyl (C=O) groups excluding carboxylic acids is 1. The van der Waals surface area contributed by atoms with Crippen LogP contribution in [0.1, 0.15) is 27.0 Å². The lowest BCUT2D eigenvalue weighted by molar-refractivity contribution is 0.0468. The van der Waals surface area contributed by atoms with Crippen LogP contribution in [0, 0.1) is 19.7 Å². The van der Waals surface area contributed by atoms with Crippen LogP contribution in [-0.4, -0.2) is 13.1 Å². The average molecular weight is 356 g/mol. The van der Waals surface area contributed by atoms with Crippen molar-refractivity contribution in [3.63, 3.8) is 0 Å². The third-order valence-corrected chi connectivity index (χ3v) is 4.20. The van der Waals surface area contributed by atoms with Crippen molar-refractivity contribution in [2.75, 3.05) is 7.11 Å². The number of methoxy groups -OCH3 is 1. The van der Waals surface area contributed by atoms with Gasteiger partial charge in [0.2, 0.25) is 0 Å². The van der Waals surface area contributed by atoms with Crippen LogP contribution in [0.5, 0.6) is 5.75 Å². The Kier molecular flexibility index (Phi) is 4.75. The predicted octanol–water partition coefficient (Wildman–Crippen LogP) is 3.91. The van der Waals surface area contributed by atoms with Crippen molar-refractivity contribution >= 4 is 16.9 Å². The van der Waals surface area contributed by atoms with Crippen LogP contribution in [0.4, 0.5) is 4.39 Å². The molecule has 6 heteroatoms. The van der Waals surface area contributed by atoms with Crippen molar-refractivity contribution in [3.8, 4) is 5.75 Å². The van der Waals surface area contributed by atoms with Crippen molar-refractivity contribution < 1.29 is 23.1 Å². The fraction of sp³-hybridized carbons (Fsp3) is 0.200. The number of carbonyl (C=O) groups is 1. The number of benzene rings is 2. The standard InChI is InChI=1S/C20H17FO5/c1-11-6-16-13(8-19(22)26-18(16)7-12(11)2)10-25-20(23)15-5-4-14(24-3)9-17(15)21/h4-9H,10H2,1-3H3. The highest BCUT2D eigenvalue weighted by Gasteiger charge is 2.16. The highest BCUT2D eigenvalue weighted by atomic mass is 19.1. The molecule has 0 atom stereocenters. The van der Waals surface area contributed by atoms with Crippen LogP contribution in [0.3, 0.4) is 0 Å². The topological polar surface area (TPSA) is 65.7 Å². The van der Waals surface area contributed by atoms with Crippen LogP contribution in [-0.2, 0) is 11.3 Å². The van der Waals surface area contributed by atoms with Gasteiger partial charge in [-0.15, -0.1) is 0 Å². The van der Waals surface area contributed by atoms with E-state index in [1.54, 1.807) is 6.07 Å². The van der Waals surface area contributed by atoms with E-state index in [-0.39, 0.29) is 12.2 Å². The van der Waals surface area contributed by atoms with Gasteiger partial charge in [0.15, 0.2) is 0 Å². The molecule has 1 aromatic heterocycles. The lowest BCUT2D eigenvalue weighted by atomic mass is 10.0. The maximum absolute atomic E-state index is 14.0. The average Bonchev–Trinajstić information content (AvgIpc) is 2.60. The number of rotatable bonds is 4. The number of esters is 1. The Labute approximate surface area is 149 Å². The molecule has 0 unspecified atom stereocenters. The quantitative estimate of drug-likeness (QED) is 0.524. The molecule has 1 heterocycles. The molecular weight excluding hydrogens is 339 g/mol. The second-order valence-electron chi connectivity index (χ2n) is 5.95. The van der Waals surface area contributed by atoms with Crippen molar-refractivity contribution in [3.05, 3.63) is 74.9 Å². The first kappa shape index (κ1) is 17.7. The Morgan fingerprint density at radius 1 is 1.12 bits per heavy atom. The van der Waals surface area contributed by atoms with Gasteiger partial charge in [-0.1, -0.05) is 0 Å². The van der Waals surface area contributed by atoms with E-state index in [1.165, 1.54) is 25.3 Å². The van der Waals surface area contributed by atoms with Gasteiger partial charge >= 0.3 is 11.6 Å². The lowest BCUT2D eigenvalue weighted by Gasteiger charge is -2.10. The van der Waals surface area contributed by atoms with Crippen molar-refractivity contribution in [2.45, 2.75) is 20.5 Å². The lowest BCUT2D eigenvalue weighted by Crippen LogP contribution is -2.10. The summed E-state index contributed by atoms with van der Waals surface area (Å²) >= 11 is 0. The number of halogens is 1. The summed E-state index contributed by atoms with van der Waals surface area (Å²) < 4.78 is 29.3. The van der Waals surface area contributed by atoms with Gasteiger partial charge in [-0.3, -0.25) is 0 Å². The molecule has 0 radical (unpaired) electrons. The third kappa shape index (κ3) is 3.44. The second-order valence-corrected chi connectivity index (χ2v) is 5.95. The maximum Gasteiger partial charge on any atom is 0.341 e. The summed E-state index contributed by atoms with van der Waals surface area (Å²) in [6.45, 7) is 3.67. The first-order chi connectivity index (χ1) is 12.4. The van der Waals surface area contributed by atoms with Crippen LogP contribution >= 0.6 is 0 Å². The normalized spacial score (nSPS) is 10.8. The SMILES string of the molecule is COc1ccc(C(=O)OCc2cc(=O)oc3cc(C)c(C)cc23)c(F)c1. The number of ether oxygens (including phenoxy) is 2. The summed E-state index contributed by atoms with van der Waals surface area (Å²) in [6.07, 6.45) is 0. The fourth-order valence-electron chi connectivity index (χ4n) is 2.61. The third-order valence-electron chi connectivity index (χ3n) is 4.20. The Bertz CT molecular complexity index is 1050. The number of hydrogen-bond acceptors (Lipinski definition) is 5. The number of aryl methyl sites for hydroxylation is 2. The zero-order valence-electron chi connectivity index (χ0n) is 14.6. The molecule has 0 N–H and O–H groups in total. The summed E-state index contributed by atoms with van der Waals surface area (Å²) in [6, 6.07) is 8.77. The van der Waals surface area contributed by atoms with E-state index in [0.29, 0.717) is 22.3 Å². The Morgan fingerprint density at radius 2 is 1.85 bits per heavy atom. The van der Waals surface area contributed by atoms with Crippen LogP contribution < -0.4 is 10.4 Å². The molecular formula is C20H17FO5. The summed E-state index contributed by atoms with van der Waals surface area (Å²) in [5.41, 5.74) is 2.17. The Morgan fingerprint density at radius 3 is 2.54 bits per heavy atom. The van der Waals surface area contributed by atoms with Gasteiger partial charge < -0.3 is 13.9 Å². The van der Waals surface area contributed by atoms with Gasteiger partial charge in [-0.05, 0) is 49.2 Å². The van der Waals surface area contributed by atoms with E-state index < -0.39 is 17.4 Å². The number of fused-ring (bicyclic) bond motifs is 1. The number of hydrogen-bond donors (Lipinski definition) is 0. The summed E-state index contributed by atoms with van der Waals surface area (Å²) in [5, 5.41) is 0.677. The summed E-state index contributed by atoms with van der Waals surface area (Å²) in [5.74, 6) is -1.26. The zero-order valence-corrected chi connectivity index (χ0v) is 14.6. The molecule has 0 spiro atoms. The zero-order chi connectivity index (χ0) is 18.8. The van der Waals surface area contributed by atoms with Crippen LogP contribution in [0.25, 0.3) is 11.0 Å². The first-order valence-electron chi connectivity index (χ1n) is 7.93. The molecule has 5 nitrogen and oxygen atoms in total. The minimum atomic E-state index is -0.824. The van der Waals surface area contributed by atoms with E-state index in [0.717, 1.165) is 17.2 Å². The molecule has 3 aromatic rings. The molecule has 26 heavy (non-hydrogen) atoms. The van der Waals surface area contributed by atoms with Gasteiger partial charge in [0, 0.05) is 23.1 Å². The monoisotopic (exact) mass is 356 g/mol. The Balaban J connectivity index is 1.89. The molecule has 0 saturated carbocycles. The van der Waals surface area contributed by atoms with Crippen molar-refractivity contribution in [1.82, 2.24) is 0 Å². The van der Waals surface area contributed by atoms with E-state index in [9.17, 15) is 14.0 Å². The smallest absolute Gasteiger partial charge is 0.341 e. The van der Waals surface area contributed by atoms with Gasteiger partial charge in [-0.2, -0.15) is 0 Å². The molecule has 0 aliphatic carbocycles. The molecule has 0 amide bonds. The van der Waals surface area contributed by atoms with Crippen LogP contribution in [0.15, 0.2) is 45.6 Å². The molecule has 2 aromatic carbocycles. The van der Waals surface area contributed by atoms with Crippen LogP contribution in [0.2, 0.25) is 0 Å². The van der Waals surface area contributed by atoms with Gasteiger partial charge in [-0.25, -0.2) is 14.0 Å². The summed E-state index contributed by atoms with van der Waals surface area (Å²) in [7, 11) is 1.41. The first-order valence-corrected chi connectivity index (χ1v) is 7.93. The van der Waals surface area contributed by atoms with Gasteiger partial charge in [0.25, 0.3) is 0 Å². The van der Waals surface area contributed by atoms with Gasteiger partial charge in [0.05, 0.1) is 12.7 Å². The van der Waals surface area contributed by atoms with Gasteiger partial charge in [0.1, 0.15) is 23.8 Å².